The third-order valence-corrected chi connectivity index (χ3v) is 2.61. The SMILES string of the molecule is CCOC(=O)/C=C/CN1CCC(CN)C1. The van der Waals surface area contributed by atoms with Crippen molar-refractivity contribution in [1.29, 1.82) is 0 Å². The van der Waals surface area contributed by atoms with Crippen molar-refractivity contribution in [2.45, 2.75) is 13.3 Å². The molecular weight excluding hydrogens is 192 g/mol. The van der Waals surface area contributed by atoms with Gasteiger partial charge in [-0.3, -0.25) is 4.90 Å². The van der Waals surface area contributed by atoms with E-state index in [9.17, 15) is 4.79 Å². The molecule has 0 radical (unpaired) electrons. The zero-order valence-electron chi connectivity index (χ0n) is 9.32. The Kier molecular flexibility index (Phi) is 5.36. The Morgan fingerprint density at radius 3 is 3.07 bits per heavy atom. The van der Waals surface area contributed by atoms with E-state index in [2.05, 4.69) is 4.90 Å². The zero-order chi connectivity index (χ0) is 11.1. The average Bonchev–Trinajstić information content (AvgIpc) is 2.66. The van der Waals surface area contributed by atoms with Gasteiger partial charge in [-0.1, -0.05) is 6.08 Å². The van der Waals surface area contributed by atoms with Gasteiger partial charge in [-0.25, -0.2) is 4.79 Å². The maximum Gasteiger partial charge on any atom is 0.330 e. The van der Waals surface area contributed by atoms with Crippen molar-refractivity contribution in [3.63, 3.8) is 0 Å². The maximum atomic E-state index is 11.0. The number of nitrogens with two attached hydrogens (primary N) is 1. The van der Waals surface area contributed by atoms with E-state index in [4.69, 9.17) is 10.5 Å². The second-order valence-electron chi connectivity index (χ2n) is 3.80. The highest BCUT2D eigenvalue weighted by Crippen LogP contribution is 2.13. The number of carbonyl (C=O) groups is 1. The van der Waals surface area contributed by atoms with E-state index in [0.29, 0.717) is 12.5 Å². The highest BCUT2D eigenvalue weighted by Gasteiger charge is 2.19. The number of likely N-dealkylation sites (tertiary alicyclic amines) is 1. The molecule has 0 spiro atoms. The summed E-state index contributed by atoms with van der Waals surface area (Å²) >= 11 is 0. The van der Waals surface area contributed by atoms with E-state index in [0.717, 1.165) is 26.2 Å². The summed E-state index contributed by atoms with van der Waals surface area (Å²) < 4.78 is 4.78. The third-order valence-electron chi connectivity index (χ3n) is 2.61. The standard InChI is InChI=1S/C11H20N2O2/c1-2-15-11(14)4-3-6-13-7-5-10(8-12)9-13/h3-4,10H,2,5-9,12H2,1H3/b4-3+. The fraction of sp³-hybridized carbons (Fsp3) is 0.727. The molecule has 1 unspecified atom stereocenters. The van der Waals surface area contributed by atoms with E-state index >= 15 is 0 Å². The number of ether oxygens (including phenoxy) is 1. The summed E-state index contributed by atoms with van der Waals surface area (Å²) in [7, 11) is 0. The lowest BCUT2D eigenvalue weighted by molar-refractivity contribution is -0.137. The van der Waals surface area contributed by atoms with Crippen molar-refractivity contribution in [3.8, 4) is 0 Å². The minimum atomic E-state index is -0.257. The Bertz CT molecular complexity index is 229. The van der Waals surface area contributed by atoms with Crippen LogP contribution in [0.3, 0.4) is 0 Å². The molecule has 0 amide bonds. The number of carbonyl (C=O) groups excluding carboxylic acids is 1. The van der Waals surface area contributed by atoms with Crippen LogP contribution in [0.1, 0.15) is 13.3 Å². The summed E-state index contributed by atoms with van der Waals surface area (Å²) in [5, 5.41) is 0. The van der Waals surface area contributed by atoms with Crippen LogP contribution in [0.4, 0.5) is 0 Å². The van der Waals surface area contributed by atoms with Crippen LogP contribution in [0.25, 0.3) is 0 Å². The molecule has 4 nitrogen and oxygen atoms in total. The molecule has 0 aromatic heterocycles. The lowest BCUT2D eigenvalue weighted by Crippen LogP contribution is -2.23. The van der Waals surface area contributed by atoms with Gasteiger partial charge < -0.3 is 10.5 Å². The highest BCUT2D eigenvalue weighted by molar-refractivity contribution is 5.81. The van der Waals surface area contributed by atoms with Crippen molar-refractivity contribution in [3.05, 3.63) is 12.2 Å². The summed E-state index contributed by atoms with van der Waals surface area (Å²) in [5.74, 6) is 0.369. The molecule has 0 aliphatic carbocycles. The fourth-order valence-electron chi connectivity index (χ4n) is 1.76. The molecule has 1 heterocycles. The predicted molar refractivity (Wildman–Crippen MR) is 59.4 cm³/mol. The molecule has 0 aromatic rings. The van der Waals surface area contributed by atoms with E-state index in [-0.39, 0.29) is 5.97 Å². The first-order valence-corrected chi connectivity index (χ1v) is 5.52. The molecule has 0 bridgehead atoms. The molecule has 2 N–H and O–H groups in total. The third kappa shape index (κ3) is 4.44. The van der Waals surface area contributed by atoms with Crippen molar-refractivity contribution in [1.82, 2.24) is 4.90 Å². The molecule has 1 atom stereocenters. The second-order valence-corrected chi connectivity index (χ2v) is 3.80. The number of hydrogen-bond acceptors (Lipinski definition) is 4. The topological polar surface area (TPSA) is 55.6 Å². The van der Waals surface area contributed by atoms with Gasteiger partial charge in [0.2, 0.25) is 0 Å². The van der Waals surface area contributed by atoms with Crippen LogP contribution in [0.5, 0.6) is 0 Å². The monoisotopic (exact) mass is 212 g/mol. The first-order valence-electron chi connectivity index (χ1n) is 5.52. The quantitative estimate of drug-likeness (QED) is 0.529. The lowest BCUT2D eigenvalue weighted by atomic mass is 10.1. The van der Waals surface area contributed by atoms with E-state index in [1.165, 1.54) is 12.5 Å². The largest absolute Gasteiger partial charge is 0.463 e. The first-order chi connectivity index (χ1) is 7.26. The molecule has 1 aliphatic heterocycles. The Labute approximate surface area is 91.1 Å². The van der Waals surface area contributed by atoms with Gasteiger partial charge in [-0.05, 0) is 32.4 Å². The minimum Gasteiger partial charge on any atom is -0.463 e. The Balaban J connectivity index is 2.17. The van der Waals surface area contributed by atoms with Gasteiger partial charge in [0.1, 0.15) is 0 Å². The van der Waals surface area contributed by atoms with Gasteiger partial charge in [-0.2, -0.15) is 0 Å². The summed E-state index contributed by atoms with van der Waals surface area (Å²) in [6.45, 7) is 5.94. The molecule has 86 valence electrons. The smallest absolute Gasteiger partial charge is 0.330 e. The van der Waals surface area contributed by atoms with Crippen molar-refractivity contribution in [2.75, 3.05) is 32.8 Å². The number of rotatable bonds is 5. The molecule has 0 saturated carbocycles. The summed E-state index contributed by atoms with van der Waals surface area (Å²) in [6.07, 6.45) is 4.53. The molecule has 0 aromatic carbocycles. The number of esters is 1. The zero-order valence-corrected chi connectivity index (χ0v) is 9.32. The van der Waals surface area contributed by atoms with Crippen LogP contribution in [-0.2, 0) is 9.53 Å². The number of hydrogen-bond donors (Lipinski definition) is 1. The normalized spacial score (nSPS) is 22.4. The Morgan fingerprint density at radius 1 is 1.67 bits per heavy atom. The van der Waals surface area contributed by atoms with Gasteiger partial charge in [0.25, 0.3) is 0 Å². The molecule has 1 fully saturated rings. The fourth-order valence-corrected chi connectivity index (χ4v) is 1.76. The van der Waals surface area contributed by atoms with Crippen LogP contribution in [0.15, 0.2) is 12.2 Å². The van der Waals surface area contributed by atoms with Gasteiger partial charge in [-0.15, -0.1) is 0 Å². The molecule has 1 saturated heterocycles. The van der Waals surface area contributed by atoms with Crippen LogP contribution < -0.4 is 5.73 Å². The van der Waals surface area contributed by atoms with Crippen molar-refractivity contribution in [2.24, 2.45) is 11.7 Å². The van der Waals surface area contributed by atoms with Gasteiger partial charge in [0, 0.05) is 19.2 Å². The molecule has 4 heteroatoms. The molecular formula is C11H20N2O2. The molecule has 1 rings (SSSR count). The molecule has 15 heavy (non-hydrogen) atoms. The average molecular weight is 212 g/mol. The maximum absolute atomic E-state index is 11.0. The summed E-state index contributed by atoms with van der Waals surface area (Å²) in [5.41, 5.74) is 5.59. The minimum absolute atomic E-state index is 0.257. The van der Waals surface area contributed by atoms with Gasteiger partial charge >= 0.3 is 5.97 Å². The van der Waals surface area contributed by atoms with E-state index in [1.807, 2.05) is 6.08 Å². The van der Waals surface area contributed by atoms with Gasteiger partial charge in [0.05, 0.1) is 6.61 Å². The van der Waals surface area contributed by atoms with E-state index in [1.54, 1.807) is 6.92 Å². The van der Waals surface area contributed by atoms with Crippen LogP contribution in [0.2, 0.25) is 0 Å². The Morgan fingerprint density at radius 2 is 2.47 bits per heavy atom. The van der Waals surface area contributed by atoms with Crippen LogP contribution in [0, 0.1) is 5.92 Å². The second kappa shape index (κ2) is 6.58. The summed E-state index contributed by atoms with van der Waals surface area (Å²) in [6, 6.07) is 0. The number of nitrogens with zero attached hydrogens (tertiary/aromatic N) is 1. The predicted octanol–water partition coefficient (Wildman–Crippen LogP) is 0.386. The van der Waals surface area contributed by atoms with Crippen LogP contribution >= 0.6 is 0 Å². The Hall–Kier alpha value is -0.870. The van der Waals surface area contributed by atoms with Crippen LogP contribution in [-0.4, -0.2) is 43.7 Å². The molecule has 1 aliphatic rings. The van der Waals surface area contributed by atoms with E-state index < -0.39 is 0 Å². The van der Waals surface area contributed by atoms with Gasteiger partial charge in [0.15, 0.2) is 0 Å². The summed E-state index contributed by atoms with van der Waals surface area (Å²) in [4.78, 5) is 13.3. The van der Waals surface area contributed by atoms with Crippen molar-refractivity contribution < 1.29 is 9.53 Å². The lowest BCUT2D eigenvalue weighted by Gasteiger charge is -2.12. The first kappa shape index (κ1) is 12.2. The highest BCUT2D eigenvalue weighted by atomic mass is 16.5. The van der Waals surface area contributed by atoms with Crippen molar-refractivity contribution >= 4 is 5.97 Å².